The number of aromatic nitrogens is 2. The third-order valence-corrected chi connectivity index (χ3v) is 7.63. The van der Waals surface area contributed by atoms with E-state index < -0.39 is 7.60 Å². The molecular weight excluding hydrogens is 495 g/mol. The number of imide groups is 1. The summed E-state index contributed by atoms with van der Waals surface area (Å²) in [5.41, 5.74) is 2.34. The lowest BCUT2D eigenvalue weighted by atomic mass is 10.1. The van der Waals surface area contributed by atoms with Crippen LogP contribution in [0.4, 0.5) is 0 Å². The minimum absolute atomic E-state index is 0.0674. The van der Waals surface area contributed by atoms with Crippen molar-refractivity contribution in [2.75, 3.05) is 47.1 Å². The Balaban J connectivity index is 1.39. The Labute approximate surface area is 216 Å². The lowest BCUT2D eigenvalue weighted by molar-refractivity contribution is -0.870. The van der Waals surface area contributed by atoms with Crippen molar-refractivity contribution in [3.05, 3.63) is 59.4 Å². The number of nitrogens with zero attached hydrogens (tertiary/aromatic N) is 4. The highest BCUT2D eigenvalue weighted by Crippen LogP contribution is 2.37. The van der Waals surface area contributed by atoms with Gasteiger partial charge in [0.1, 0.15) is 32.3 Å². The summed E-state index contributed by atoms with van der Waals surface area (Å²) in [6, 6.07) is 12.2. The van der Waals surface area contributed by atoms with Gasteiger partial charge in [0.2, 0.25) is 0 Å². The van der Waals surface area contributed by atoms with Crippen molar-refractivity contribution >= 4 is 30.4 Å². The average molecular weight is 529 g/mol. The second-order valence-electron chi connectivity index (χ2n) is 10.0. The summed E-state index contributed by atoms with van der Waals surface area (Å²) in [5, 5.41) is 0. The van der Waals surface area contributed by atoms with E-state index in [1.54, 1.807) is 30.3 Å². The Hall–Kier alpha value is -3.04. The number of benzene rings is 2. The molecule has 1 aliphatic heterocycles. The molecule has 1 aliphatic rings. The smallest absolute Gasteiger partial charge is 0.261 e. The number of hydrogen-bond acceptors (Lipinski definition) is 7. The fourth-order valence-corrected chi connectivity index (χ4v) is 5.21. The molecule has 3 aromatic rings. The molecule has 0 radical (unpaired) electrons. The molecule has 0 bridgehead atoms. The maximum atomic E-state index is 12.8. The molecule has 10 nitrogen and oxygen atoms in total. The summed E-state index contributed by atoms with van der Waals surface area (Å²) < 4.78 is 25.6. The second kappa shape index (κ2) is 10.8. The number of imidazole rings is 1. The molecule has 11 heteroatoms. The van der Waals surface area contributed by atoms with E-state index in [2.05, 4.69) is 4.98 Å². The number of rotatable bonds is 12. The Morgan fingerprint density at radius 2 is 1.70 bits per heavy atom. The van der Waals surface area contributed by atoms with Crippen LogP contribution in [0.15, 0.2) is 42.5 Å². The summed E-state index contributed by atoms with van der Waals surface area (Å²) in [4.78, 5) is 43.6. The number of likely N-dealkylation sites (N-methyl/N-ethyl adjacent to an activating group) is 1. The molecule has 1 aromatic heterocycles. The predicted octanol–water partition coefficient (Wildman–Crippen LogP) is 2.90. The first-order valence-electron chi connectivity index (χ1n) is 12.3. The number of ether oxygens (including phenoxy) is 1. The summed E-state index contributed by atoms with van der Waals surface area (Å²) in [7, 11) is 2.01. The van der Waals surface area contributed by atoms with E-state index in [9.17, 15) is 19.0 Å². The van der Waals surface area contributed by atoms with Crippen molar-refractivity contribution in [3.63, 3.8) is 0 Å². The molecule has 1 atom stereocenters. The van der Waals surface area contributed by atoms with Crippen LogP contribution in [0, 0.1) is 0 Å². The normalized spacial score (nSPS) is 15.3. The quantitative estimate of drug-likeness (QED) is 0.154. The van der Waals surface area contributed by atoms with Gasteiger partial charge in [-0.3, -0.25) is 14.5 Å². The molecular formula is C26H33N4O6P. The van der Waals surface area contributed by atoms with Gasteiger partial charge in [-0.05, 0) is 37.6 Å². The zero-order chi connectivity index (χ0) is 26.8. The van der Waals surface area contributed by atoms with E-state index in [0.717, 1.165) is 11.0 Å². The zero-order valence-electron chi connectivity index (χ0n) is 21.7. The molecule has 0 aliphatic carbocycles. The van der Waals surface area contributed by atoms with Crippen LogP contribution in [0.1, 0.15) is 39.9 Å². The van der Waals surface area contributed by atoms with E-state index in [0.29, 0.717) is 46.7 Å². The van der Waals surface area contributed by atoms with E-state index in [1.165, 1.54) is 4.90 Å². The van der Waals surface area contributed by atoms with Crippen LogP contribution in [0.3, 0.4) is 0 Å². The van der Waals surface area contributed by atoms with E-state index in [1.807, 2.05) is 44.8 Å². The van der Waals surface area contributed by atoms with Gasteiger partial charge in [0.25, 0.3) is 11.8 Å². The third-order valence-electron chi connectivity index (χ3n) is 6.19. The summed E-state index contributed by atoms with van der Waals surface area (Å²) in [6.07, 6.45) is 0.213. The maximum absolute atomic E-state index is 12.8. The van der Waals surface area contributed by atoms with Crippen LogP contribution >= 0.6 is 7.60 Å². The molecule has 1 unspecified atom stereocenters. The average Bonchev–Trinajstić information content (AvgIpc) is 3.30. The molecule has 0 saturated heterocycles. The lowest BCUT2D eigenvalue weighted by Gasteiger charge is -2.27. The summed E-state index contributed by atoms with van der Waals surface area (Å²) >= 11 is 0. The SMILES string of the molecule is CCn1c(CN2C(=O)c3ccccc3C2=O)nc2ccc(OCCCP(=O)([O-])OCC[N+](C)(C)C)cc21. The minimum Gasteiger partial charge on any atom is -0.778 e. The first-order chi connectivity index (χ1) is 17.5. The third kappa shape index (κ3) is 6.27. The van der Waals surface area contributed by atoms with Gasteiger partial charge in [0, 0.05) is 18.8 Å². The highest BCUT2D eigenvalue weighted by atomic mass is 31.2. The Bertz CT molecular complexity index is 1330. The monoisotopic (exact) mass is 528 g/mol. The summed E-state index contributed by atoms with van der Waals surface area (Å²) in [5.74, 6) is 0.538. The molecule has 2 amide bonds. The number of aryl methyl sites for hydroxylation is 1. The van der Waals surface area contributed by atoms with Crippen LogP contribution in [-0.4, -0.2) is 77.8 Å². The fourth-order valence-electron chi connectivity index (χ4n) is 4.21. The van der Waals surface area contributed by atoms with Crippen LogP contribution in [-0.2, 0) is 22.2 Å². The van der Waals surface area contributed by atoms with Crippen molar-refractivity contribution in [1.29, 1.82) is 0 Å². The molecule has 2 aromatic carbocycles. The van der Waals surface area contributed by atoms with Crippen molar-refractivity contribution in [2.24, 2.45) is 0 Å². The largest absolute Gasteiger partial charge is 0.778 e. The number of fused-ring (bicyclic) bond motifs is 2. The van der Waals surface area contributed by atoms with Crippen molar-refractivity contribution in [2.45, 2.75) is 26.4 Å². The molecule has 2 heterocycles. The zero-order valence-corrected chi connectivity index (χ0v) is 22.6. The molecule has 0 N–H and O–H groups in total. The molecule has 198 valence electrons. The highest BCUT2D eigenvalue weighted by molar-refractivity contribution is 7.51. The van der Waals surface area contributed by atoms with Gasteiger partial charge in [0.05, 0.1) is 56.5 Å². The molecule has 0 fully saturated rings. The Kier molecular flexibility index (Phi) is 7.85. The van der Waals surface area contributed by atoms with Gasteiger partial charge in [-0.25, -0.2) is 4.98 Å². The standard InChI is InChI=1S/C26H33N4O6P/c1-5-28-23-17-19(35-14-8-16-37(33,34)36-15-13-30(2,3)4)11-12-22(23)27-24(28)18-29-25(31)20-9-6-7-10-21(20)26(29)32/h6-7,9-12,17H,5,8,13-16,18H2,1-4H3. The highest BCUT2D eigenvalue weighted by Gasteiger charge is 2.36. The number of hydrogen-bond donors (Lipinski definition) is 0. The number of quaternary nitrogens is 1. The molecule has 37 heavy (non-hydrogen) atoms. The van der Waals surface area contributed by atoms with Gasteiger partial charge in [-0.15, -0.1) is 0 Å². The van der Waals surface area contributed by atoms with Crippen molar-refractivity contribution in [3.8, 4) is 5.75 Å². The molecule has 0 spiro atoms. The second-order valence-corrected chi connectivity index (χ2v) is 12.0. The molecule has 0 saturated carbocycles. The summed E-state index contributed by atoms with van der Waals surface area (Å²) in [6.45, 7) is 3.60. The van der Waals surface area contributed by atoms with Crippen molar-refractivity contribution < 1.29 is 32.8 Å². The lowest BCUT2D eigenvalue weighted by Crippen LogP contribution is -2.37. The first-order valence-corrected chi connectivity index (χ1v) is 14.0. The fraction of sp³-hybridized carbons (Fsp3) is 0.423. The van der Waals surface area contributed by atoms with Crippen LogP contribution in [0.25, 0.3) is 11.0 Å². The van der Waals surface area contributed by atoms with Crippen molar-refractivity contribution in [1.82, 2.24) is 14.5 Å². The van der Waals surface area contributed by atoms with Crippen LogP contribution < -0.4 is 9.63 Å². The Morgan fingerprint density at radius 3 is 2.32 bits per heavy atom. The molecule has 4 rings (SSSR count). The Morgan fingerprint density at radius 1 is 1.03 bits per heavy atom. The maximum Gasteiger partial charge on any atom is 0.261 e. The van der Waals surface area contributed by atoms with Crippen LogP contribution in [0.5, 0.6) is 5.75 Å². The van der Waals surface area contributed by atoms with Gasteiger partial charge >= 0.3 is 0 Å². The number of amides is 2. The van der Waals surface area contributed by atoms with Crippen LogP contribution in [0.2, 0.25) is 0 Å². The van der Waals surface area contributed by atoms with Gasteiger partial charge in [-0.2, -0.15) is 0 Å². The topological polar surface area (TPSA) is 114 Å². The number of carbonyl (C=O) groups is 2. The first kappa shape index (κ1) is 27.0. The van der Waals surface area contributed by atoms with E-state index >= 15 is 0 Å². The van der Waals surface area contributed by atoms with E-state index in [-0.39, 0.29) is 37.7 Å². The van der Waals surface area contributed by atoms with Gasteiger partial charge in [-0.1, -0.05) is 12.1 Å². The van der Waals surface area contributed by atoms with E-state index in [4.69, 9.17) is 9.26 Å². The minimum atomic E-state index is -3.91. The van der Waals surface area contributed by atoms with Gasteiger partial charge in [0.15, 0.2) is 0 Å². The number of carbonyl (C=O) groups excluding carboxylic acids is 2. The van der Waals surface area contributed by atoms with Gasteiger partial charge < -0.3 is 27.8 Å². The predicted molar refractivity (Wildman–Crippen MR) is 137 cm³/mol.